The van der Waals surface area contributed by atoms with Crippen molar-refractivity contribution in [3.8, 4) is 11.5 Å². The van der Waals surface area contributed by atoms with Crippen molar-refractivity contribution in [2.75, 3.05) is 27.3 Å². The fourth-order valence-electron chi connectivity index (χ4n) is 2.22. The zero-order chi connectivity index (χ0) is 13.1. The Bertz CT molecular complexity index is 437. The molecule has 1 aliphatic rings. The summed E-state index contributed by atoms with van der Waals surface area (Å²) in [5, 5.41) is 0. The van der Waals surface area contributed by atoms with Gasteiger partial charge in [0.15, 0.2) is 5.96 Å². The van der Waals surface area contributed by atoms with Gasteiger partial charge in [-0.25, -0.2) is 0 Å². The molecule has 5 heteroatoms. The lowest BCUT2D eigenvalue weighted by Gasteiger charge is -2.25. The smallest absolute Gasteiger partial charge is 0.191 e. The van der Waals surface area contributed by atoms with Crippen molar-refractivity contribution in [3.63, 3.8) is 0 Å². The van der Waals surface area contributed by atoms with Crippen LogP contribution in [-0.2, 0) is 0 Å². The van der Waals surface area contributed by atoms with E-state index in [-0.39, 0.29) is 6.04 Å². The molecule has 0 fully saturated rings. The molecule has 0 aromatic heterocycles. The molecule has 18 heavy (non-hydrogen) atoms. The van der Waals surface area contributed by atoms with Crippen molar-refractivity contribution in [1.29, 1.82) is 0 Å². The van der Waals surface area contributed by atoms with Crippen LogP contribution < -0.4 is 15.2 Å². The Labute approximate surface area is 107 Å². The van der Waals surface area contributed by atoms with Gasteiger partial charge in [0.1, 0.15) is 11.5 Å². The lowest BCUT2D eigenvalue weighted by atomic mass is 10.1. The molecule has 1 atom stereocenters. The van der Waals surface area contributed by atoms with E-state index in [0.717, 1.165) is 23.6 Å². The molecule has 2 N–H and O–H groups in total. The first-order chi connectivity index (χ1) is 8.69. The molecular formula is C13H19N3O2. The molecule has 1 aromatic rings. The number of methoxy groups -OCH3 is 2. The zero-order valence-corrected chi connectivity index (χ0v) is 11.0. The van der Waals surface area contributed by atoms with Gasteiger partial charge in [-0.05, 0) is 24.6 Å². The molecule has 1 aliphatic heterocycles. The van der Waals surface area contributed by atoms with Crippen LogP contribution in [0.25, 0.3) is 0 Å². The van der Waals surface area contributed by atoms with Crippen molar-refractivity contribution in [2.45, 2.75) is 13.0 Å². The molecular weight excluding hydrogens is 230 g/mol. The van der Waals surface area contributed by atoms with Crippen molar-refractivity contribution in [1.82, 2.24) is 4.90 Å². The van der Waals surface area contributed by atoms with Crippen LogP contribution in [0.3, 0.4) is 0 Å². The molecule has 0 aliphatic carbocycles. The maximum absolute atomic E-state index is 5.87. The van der Waals surface area contributed by atoms with Crippen LogP contribution >= 0.6 is 0 Å². The van der Waals surface area contributed by atoms with Crippen LogP contribution in [-0.4, -0.2) is 38.2 Å². The average Bonchev–Trinajstić information content (AvgIpc) is 2.79. The number of benzene rings is 1. The van der Waals surface area contributed by atoms with E-state index in [0.29, 0.717) is 12.5 Å². The lowest BCUT2D eigenvalue weighted by molar-refractivity contribution is 0.356. The minimum absolute atomic E-state index is 0.166. The highest BCUT2D eigenvalue weighted by molar-refractivity contribution is 5.80. The van der Waals surface area contributed by atoms with E-state index in [1.54, 1.807) is 14.2 Å². The lowest BCUT2D eigenvalue weighted by Crippen LogP contribution is -2.35. The van der Waals surface area contributed by atoms with Crippen LogP contribution in [0.4, 0.5) is 0 Å². The van der Waals surface area contributed by atoms with Gasteiger partial charge in [-0.1, -0.05) is 0 Å². The van der Waals surface area contributed by atoms with E-state index in [9.17, 15) is 0 Å². The number of guanidine groups is 1. The minimum atomic E-state index is 0.166. The molecule has 0 saturated carbocycles. The normalized spacial score (nSPS) is 18.7. The molecule has 2 rings (SSSR count). The largest absolute Gasteiger partial charge is 0.497 e. The Morgan fingerprint density at radius 1 is 1.28 bits per heavy atom. The SMILES string of the molecule is CCN1C(N)=NCC1c1cc(OC)cc(OC)c1. The van der Waals surface area contributed by atoms with E-state index in [1.807, 2.05) is 18.2 Å². The van der Waals surface area contributed by atoms with Crippen molar-refractivity contribution < 1.29 is 9.47 Å². The summed E-state index contributed by atoms with van der Waals surface area (Å²) in [6.07, 6.45) is 0. The maximum Gasteiger partial charge on any atom is 0.191 e. The Balaban J connectivity index is 2.33. The summed E-state index contributed by atoms with van der Waals surface area (Å²) in [5.41, 5.74) is 6.98. The monoisotopic (exact) mass is 249 g/mol. The molecule has 5 nitrogen and oxygen atoms in total. The third-order valence-corrected chi connectivity index (χ3v) is 3.20. The van der Waals surface area contributed by atoms with Gasteiger partial charge in [0.25, 0.3) is 0 Å². The van der Waals surface area contributed by atoms with Crippen molar-refractivity contribution >= 4 is 5.96 Å². The fourth-order valence-corrected chi connectivity index (χ4v) is 2.22. The Kier molecular flexibility index (Phi) is 3.60. The number of hydrogen-bond acceptors (Lipinski definition) is 5. The summed E-state index contributed by atoms with van der Waals surface area (Å²) < 4.78 is 10.6. The van der Waals surface area contributed by atoms with Gasteiger partial charge in [-0.2, -0.15) is 0 Å². The van der Waals surface area contributed by atoms with Crippen LogP contribution in [0.2, 0.25) is 0 Å². The van der Waals surface area contributed by atoms with E-state index in [1.165, 1.54) is 0 Å². The van der Waals surface area contributed by atoms with Crippen LogP contribution in [0, 0.1) is 0 Å². The second-order valence-electron chi connectivity index (χ2n) is 4.15. The molecule has 0 bridgehead atoms. The van der Waals surface area contributed by atoms with Crippen LogP contribution in [0.5, 0.6) is 11.5 Å². The summed E-state index contributed by atoms with van der Waals surface area (Å²) in [6, 6.07) is 6.03. The van der Waals surface area contributed by atoms with Crippen LogP contribution in [0.15, 0.2) is 23.2 Å². The quantitative estimate of drug-likeness (QED) is 0.876. The summed E-state index contributed by atoms with van der Waals surface area (Å²) in [7, 11) is 3.30. The number of rotatable bonds is 4. The standard InChI is InChI=1S/C13H19N3O2/c1-4-16-12(8-15-13(16)14)9-5-10(17-2)7-11(6-9)18-3/h5-7,12H,4,8H2,1-3H3,(H2,14,15). The minimum Gasteiger partial charge on any atom is -0.497 e. The van der Waals surface area contributed by atoms with Crippen molar-refractivity contribution in [3.05, 3.63) is 23.8 Å². The van der Waals surface area contributed by atoms with Gasteiger partial charge in [0.05, 0.1) is 26.8 Å². The summed E-state index contributed by atoms with van der Waals surface area (Å²) in [5.74, 6) is 2.17. The number of nitrogens with zero attached hydrogens (tertiary/aromatic N) is 2. The number of ether oxygens (including phenoxy) is 2. The molecule has 1 aromatic carbocycles. The fraction of sp³-hybridized carbons (Fsp3) is 0.462. The highest BCUT2D eigenvalue weighted by Crippen LogP contribution is 2.31. The van der Waals surface area contributed by atoms with Gasteiger partial charge < -0.3 is 20.1 Å². The molecule has 1 heterocycles. The first-order valence-corrected chi connectivity index (χ1v) is 5.99. The second-order valence-corrected chi connectivity index (χ2v) is 4.15. The van der Waals surface area contributed by atoms with Gasteiger partial charge >= 0.3 is 0 Å². The van der Waals surface area contributed by atoms with Crippen molar-refractivity contribution in [2.24, 2.45) is 10.7 Å². The molecule has 1 unspecified atom stereocenters. The van der Waals surface area contributed by atoms with Crippen LogP contribution in [0.1, 0.15) is 18.5 Å². The van der Waals surface area contributed by atoms with Gasteiger partial charge in [0, 0.05) is 12.6 Å². The summed E-state index contributed by atoms with van der Waals surface area (Å²) in [6.45, 7) is 3.58. The molecule has 0 saturated heterocycles. The maximum atomic E-state index is 5.87. The average molecular weight is 249 g/mol. The van der Waals surface area contributed by atoms with E-state index < -0.39 is 0 Å². The highest BCUT2D eigenvalue weighted by atomic mass is 16.5. The van der Waals surface area contributed by atoms with E-state index in [2.05, 4.69) is 16.8 Å². The topological polar surface area (TPSA) is 60.1 Å². The Morgan fingerprint density at radius 3 is 2.39 bits per heavy atom. The highest BCUT2D eigenvalue weighted by Gasteiger charge is 2.26. The number of nitrogens with two attached hydrogens (primary N) is 1. The number of aliphatic imine (C=N–C) groups is 1. The summed E-state index contributed by atoms with van der Waals surface area (Å²) in [4.78, 5) is 6.37. The Morgan fingerprint density at radius 2 is 1.89 bits per heavy atom. The second kappa shape index (κ2) is 5.16. The first kappa shape index (κ1) is 12.5. The molecule has 98 valence electrons. The summed E-state index contributed by atoms with van der Waals surface area (Å²) >= 11 is 0. The van der Waals surface area contributed by atoms with E-state index >= 15 is 0 Å². The number of hydrogen-bond donors (Lipinski definition) is 1. The third-order valence-electron chi connectivity index (χ3n) is 3.20. The van der Waals surface area contributed by atoms with E-state index in [4.69, 9.17) is 15.2 Å². The Hall–Kier alpha value is -1.91. The molecule has 0 amide bonds. The third kappa shape index (κ3) is 2.20. The predicted octanol–water partition coefficient (Wildman–Crippen LogP) is 1.40. The van der Waals surface area contributed by atoms with Gasteiger partial charge in [-0.15, -0.1) is 0 Å². The van der Waals surface area contributed by atoms with Gasteiger partial charge in [0.2, 0.25) is 0 Å². The molecule has 0 spiro atoms. The molecule has 0 radical (unpaired) electrons. The zero-order valence-electron chi connectivity index (χ0n) is 11.0. The predicted molar refractivity (Wildman–Crippen MR) is 71.2 cm³/mol. The number of likely N-dealkylation sites (N-methyl/N-ethyl adjacent to an activating group) is 1. The first-order valence-electron chi connectivity index (χ1n) is 5.99. The van der Waals surface area contributed by atoms with Gasteiger partial charge in [-0.3, -0.25) is 4.99 Å².